The molecule has 1 aromatic carbocycles. The molecule has 1 amide bonds. The molecular weight excluding hydrogens is 356 g/mol. The first kappa shape index (κ1) is 17.8. The molecule has 8 heteroatoms. The van der Waals surface area contributed by atoms with E-state index < -0.39 is 0 Å². The normalized spacial score (nSPS) is 14.1. The molecule has 1 fully saturated rings. The fourth-order valence-corrected chi connectivity index (χ4v) is 3.21. The molecule has 28 heavy (non-hydrogen) atoms. The Balaban J connectivity index is 1.40. The number of amides is 1. The molecule has 0 spiro atoms. The van der Waals surface area contributed by atoms with Crippen LogP contribution in [0.25, 0.3) is 11.3 Å². The molecule has 142 valence electrons. The lowest BCUT2D eigenvalue weighted by atomic mass is 10.1. The number of anilines is 1. The number of carbonyl (C=O) groups excluding carboxylic acids is 1. The first-order valence-electron chi connectivity index (χ1n) is 9.11. The van der Waals surface area contributed by atoms with Crippen molar-refractivity contribution in [3.8, 4) is 11.3 Å². The van der Waals surface area contributed by atoms with Gasteiger partial charge in [0.25, 0.3) is 5.56 Å². The van der Waals surface area contributed by atoms with Crippen molar-refractivity contribution in [2.75, 3.05) is 31.1 Å². The van der Waals surface area contributed by atoms with Gasteiger partial charge in [-0.25, -0.2) is 15.0 Å². The number of piperazine rings is 1. The van der Waals surface area contributed by atoms with Gasteiger partial charge in [-0.1, -0.05) is 30.3 Å². The largest absolute Gasteiger partial charge is 0.353 e. The number of hydrogen-bond acceptors (Lipinski definition) is 6. The quantitative estimate of drug-likeness (QED) is 0.677. The molecule has 4 rings (SSSR count). The highest BCUT2D eigenvalue weighted by atomic mass is 16.2. The van der Waals surface area contributed by atoms with Crippen LogP contribution in [0.5, 0.6) is 0 Å². The third kappa shape index (κ3) is 3.90. The van der Waals surface area contributed by atoms with Crippen LogP contribution < -0.4 is 10.5 Å². The lowest BCUT2D eigenvalue weighted by Gasteiger charge is -2.35. The van der Waals surface area contributed by atoms with E-state index in [4.69, 9.17) is 0 Å². The van der Waals surface area contributed by atoms with E-state index in [9.17, 15) is 9.59 Å². The number of nitrogens with zero attached hydrogens (tertiary/aromatic N) is 6. The van der Waals surface area contributed by atoms with E-state index in [1.54, 1.807) is 11.2 Å². The molecular formula is C20H20N6O2. The van der Waals surface area contributed by atoms with E-state index in [1.165, 1.54) is 23.2 Å². The Morgan fingerprint density at radius 2 is 1.79 bits per heavy atom. The van der Waals surface area contributed by atoms with Gasteiger partial charge in [0.15, 0.2) is 0 Å². The van der Waals surface area contributed by atoms with E-state index in [2.05, 4.69) is 19.9 Å². The maximum atomic E-state index is 12.5. The van der Waals surface area contributed by atoms with Crippen LogP contribution >= 0.6 is 0 Å². The van der Waals surface area contributed by atoms with Crippen LogP contribution in [0.15, 0.2) is 66.1 Å². The average Bonchev–Trinajstić information content (AvgIpc) is 2.76. The van der Waals surface area contributed by atoms with Crippen LogP contribution in [-0.2, 0) is 11.3 Å². The van der Waals surface area contributed by atoms with E-state index >= 15 is 0 Å². The summed E-state index contributed by atoms with van der Waals surface area (Å²) in [7, 11) is 0. The van der Waals surface area contributed by atoms with Crippen LogP contribution in [0, 0.1) is 0 Å². The van der Waals surface area contributed by atoms with Crippen LogP contribution in [0.4, 0.5) is 5.82 Å². The van der Waals surface area contributed by atoms with Crippen molar-refractivity contribution in [1.82, 2.24) is 24.4 Å². The van der Waals surface area contributed by atoms with Crippen molar-refractivity contribution >= 4 is 11.7 Å². The van der Waals surface area contributed by atoms with Gasteiger partial charge in [-0.3, -0.25) is 14.2 Å². The zero-order valence-corrected chi connectivity index (χ0v) is 15.3. The van der Waals surface area contributed by atoms with Crippen molar-refractivity contribution in [3.63, 3.8) is 0 Å². The minimum atomic E-state index is -0.226. The van der Waals surface area contributed by atoms with Crippen molar-refractivity contribution in [2.24, 2.45) is 0 Å². The molecule has 0 saturated carbocycles. The lowest BCUT2D eigenvalue weighted by Crippen LogP contribution is -2.50. The van der Waals surface area contributed by atoms with Gasteiger partial charge in [-0.05, 0) is 0 Å². The van der Waals surface area contributed by atoms with Gasteiger partial charge in [-0.15, -0.1) is 0 Å². The van der Waals surface area contributed by atoms with Crippen LogP contribution in [-0.4, -0.2) is 56.5 Å². The Bertz CT molecular complexity index is 1010. The SMILES string of the molecule is O=C(Cn1cnccc1=O)N1CCN(c2cc(-c3ccccc3)ncn2)CC1. The Labute approximate surface area is 162 Å². The molecule has 0 N–H and O–H groups in total. The summed E-state index contributed by atoms with van der Waals surface area (Å²) in [5, 5.41) is 0. The molecule has 0 bridgehead atoms. The van der Waals surface area contributed by atoms with Gasteiger partial charge < -0.3 is 9.80 Å². The molecule has 0 atom stereocenters. The first-order chi connectivity index (χ1) is 13.7. The summed E-state index contributed by atoms with van der Waals surface area (Å²) in [5.74, 6) is 0.770. The highest BCUT2D eigenvalue weighted by Crippen LogP contribution is 2.21. The second kappa shape index (κ2) is 7.99. The summed E-state index contributed by atoms with van der Waals surface area (Å²) in [6, 6.07) is 13.3. The highest BCUT2D eigenvalue weighted by Gasteiger charge is 2.22. The minimum absolute atomic E-state index is 0.0122. The van der Waals surface area contributed by atoms with E-state index in [1.807, 2.05) is 36.4 Å². The summed E-state index contributed by atoms with van der Waals surface area (Å²) < 4.78 is 1.32. The predicted molar refractivity (Wildman–Crippen MR) is 105 cm³/mol. The highest BCUT2D eigenvalue weighted by molar-refractivity contribution is 5.76. The topological polar surface area (TPSA) is 84.2 Å². The van der Waals surface area contributed by atoms with Crippen molar-refractivity contribution in [3.05, 3.63) is 71.7 Å². The fraction of sp³-hybridized carbons (Fsp3) is 0.250. The molecule has 8 nitrogen and oxygen atoms in total. The third-order valence-corrected chi connectivity index (χ3v) is 4.78. The average molecular weight is 376 g/mol. The summed E-state index contributed by atoms with van der Waals surface area (Å²) in [5.41, 5.74) is 1.69. The van der Waals surface area contributed by atoms with Crippen LogP contribution in [0.1, 0.15) is 0 Å². The molecule has 3 aromatic rings. The van der Waals surface area contributed by atoms with Gasteiger partial charge in [0.05, 0.1) is 12.0 Å². The van der Waals surface area contributed by atoms with Gasteiger partial charge in [0, 0.05) is 50.1 Å². The first-order valence-corrected chi connectivity index (χ1v) is 9.11. The maximum absolute atomic E-state index is 12.5. The smallest absolute Gasteiger partial charge is 0.253 e. The second-order valence-electron chi connectivity index (χ2n) is 6.54. The lowest BCUT2D eigenvalue weighted by molar-refractivity contribution is -0.132. The monoisotopic (exact) mass is 376 g/mol. The van der Waals surface area contributed by atoms with Crippen molar-refractivity contribution in [1.29, 1.82) is 0 Å². The fourth-order valence-electron chi connectivity index (χ4n) is 3.21. The molecule has 1 aliphatic rings. The van der Waals surface area contributed by atoms with Crippen molar-refractivity contribution in [2.45, 2.75) is 6.54 Å². The number of hydrogen-bond donors (Lipinski definition) is 0. The summed E-state index contributed by atoms with van der Waals surface area (Å²) in [6.45, 7) is 2.53. The summed E-state index contributed by atoms with van der Waals surface area (Å²) in [6.07, 6.45) is 4.39. The Morgan fingerprint density at radius 3 is 2.54 bits per heavy atom. The van der Waals surface area contributed by atoms with E-state index in [0.29, 0.717) is 26.2 Å². The van der Waals surface area contributed by atoms with Crippen molar-refractivity contribution < 1.29 is 4.79 Å². The number of rotatable bonds is 4. The maximum Gasteiger partial charge on any atom is 0.253 e. The third-order valence-electron chi connectivity index (χ3n) is 4.78. The molecule has 0 aliphatic carbocycles. The Morgan fingerprint density at radius 1 is 1.00 bits per heavy atom. The summed E-state index contributed by atoms with van der Waals surface area (Å²) in [4.78, 5) is 40.8. The van der Waals surface area contributed by atoms with Gasteiger partial charge in [-0.2, -0.15) is 0 Å². The molecule has 0 unspecified atom stereocenters. The molecule has 3 heterocycles. The summed E-state index contributed by atoms with van der Waals surface area (Å²) >= 11 is 0. The molecule has 1 saturated heterocycles. The zero-order valence-electron chi connectivity index (χ0n) is 15.3. The van der Waals surface area contributed by atoms with Gasteiger partial charge in [0.1, 0.15) is 18.7 Å². The zero-order chi connectivity index (χ0) is 19.3. The second-order valence-corrected chi connectivity index (χ2v) is 6.54. The van der Waals surface area contributed by atoms with Crippen LogP contribution in [0.3, 0.4) is 0 Å². The molecule has 1 aliphatic heterocycles. The van der Waals surface area contributed by atoms with E-state index in [-0.39, 0.29) is 18.0 Å². The van der Waals surface area contributed by atoms with Gasteiger partial charge in [0.2, 0.25) is 5.91 Å². The van der Waals surface area contributed by atoms with Crippen LogP contribution in [0.2, 0.25) is 0 Å². The molecule has 2 aromatic heterocycles. The Kier molecular flexibility index (Phi) is 5.09. The molecule has 0 radical (unpaired) electrons. The van der Waals surface area contributed by atoms with E-state index in [0.717, 1.165) is 17.1 Å². The number of benzene rings is 1. The predicted octanol–water partition coefficient (Wildman–Crippen LogP) is 1.05. The minimum Gasteiger partial charge on any atom is -0.353 e. The number of aromatic nitrogens is 4. The standard InChI is InChI=1S/C20H20N6O2/c27-19-6-7-21-15-26(19)13-20(28)25-10-8-24(9-11-25)18-12-17(22-14-23-18)16-4-2-1-3-5-16/h1-7,12,14-15H,8-11,13H2. The van der Waals surface area contributed by atoms with Gasteiger partial charge >= 0.3 is 0 Å². The number of carbonyl (C=O) groups is 1. The Hall–Kier alpha value is -3.55.